The Bertz CT molecular complexity index is 972. The Balaban J connectivity index is 0.000000279. The summed E-state index contributed by atoms with van der Waals surface area (Å²) in [6.07, 6.45) is 5.60. The van der Waals surface area contributed by atoms with Crippen LogP contribution in [0.4, 0.5) is 5.69 Å². The number of anilines is 1. The Labute approximate surface area is 154 Å². The van der Waals surface area contributed by atoms with Crippen molar-refractivity contribution in [3.63, 3.8) is 0 Å². The van der Waals surface area contributed by atoms with E-state index in [4.69, 9.17) is 10.2 Å². The summed E-state index contributed by atoms with van der Waals surface area (Å²) in [6.45, 7) is 0. The summed E-state index contributed by atoms with van der Waals surface area (Å²) in [7, 11) is 1.93. The maximum absolute atomic E-state index is 11.0. The van der Waals surface area contributed by atoms with Gasteiger partial charge < -0.3 is 10.2 Å². The highest BCUT2D eigenvalue weighted by Crippen LogP contribution is 2.24. The number of aromatic nitrogens is 2. The molecule has 1 aromatic carbocycles. The van der Waals surface area contributed by atoms with Crippen LogP contribution in [-0.2, 0) is 9.59 Å². The van der Waals surface area contributed by atoms with Gasteiger partial charge in [0.1, 0.15) is 5.69 Å². The first-order valence-corrected chi connectivity index (χ1v) is 7.78. The third-order valence-corrected chi connectivity index (χ3v) is 3.55. The number of carboxylic acids is 2. The van der Waals surface area contributed by atoms with Crippen molar-refractivity contribution in [2.45, 2.75) is 0 Å². The van der Waals surface area contributed by atoms with Gasteiger partial charge in [-0.15, -0.1) is 0 Å². The van der Waals surface area contributed by atoms with E-state index in [0.717, 1.165) is 22.9 Å². The number of para-hydroxylation sites is 1. The van der Waals surface area contributed by atoms with Gasteiger partial charge >= 0.3 is 11.9 Å². The predicted molar refractivity (Wildman–Crippen MR) is 99.8 cm³/mol. The highest BCUT2D eigenvalue weighted by molar-refractivity contribution is 5.91. The van der Waals surface area contributed by atoms with E-state index < -0.39 is 11.9 Å². The fourth-order valence-corrected chi connectivity index (χ4v) is 2.37. The molecule has 0 aliphatic carbocycles. The maximum Gasteiger partial charge on any atom is 0.328 e. The van der Waals surface area contributed by atoms with Crippen LogP contribution in [-0.4, -0.2) is 45.1 Å². The summed E-state index contributed by atoms with van der Waals surface area (Å²) in [5.74, 6) is -2.51. The summed E-state index contributed by atoms with van der Waals surface area (Å²) >= 11 is 0. The number of aldehydes is 1. The molecule has 8 nitrogen and oxygen atoms in total. The van der Waals surface area contributed by atoms with E-state index in [1.54, 1.807) is 12.3 Å². The van der Waals surface area contributed by atoms with Gasteiger partial charge in [0, 0.05) is 37.0 Å². The Morgan fingerprint density at radius 3 is 2.33 bits per heavy atom. The van der Waals surface area contributed by atoms with Gasteiger partial charge in [-0.3, -0.25) is 19.5 Å². The lowest BCUT2D eigenvalue weighted by molar-refractivity contribution is -0.134. The highest BCUT2D eigenvalue weighted by atomic mass is 16.4. The average Bonchev–Trinajstić information content (AvgIpc) is 3.14. The quantitative estimate of drug-likeness (QED) is 0.526. The number of carbonyl (C=O) groups is 3. The number of hydrogen-bond acceptors (Lipinski definition) is 5. The van der Waals surface area contributed by atoms with Gasteiger partial charge in [0.05, 0.1) is 11.2 Å². The summed E-state index contributed by atoms with van der Waals surface area (Å²) < 4.78 is 1.81. The lowest BCUT2D eigenvalue weighted by atomic mass is 10.2. The van der Waals surface area contributed by atoms with E-state index in [0.29, 0.717) is 17.8 Å². The zero-order valence-electron chi connectivity index (χ0n) is 14.4. The van der Waals surface area contributed by atoms with Crippen LogP contribution in [0.15, 0.2) is 67.0 Å². The number of aliphatic carboxylic acids is 2. The number of carbonyl (C=O) groups excluding carboxylic acids is 1. The minimum absolute atomic E-state index is 0.558. The smallest absolute Gasteiger partial charge is 0.328 e. The van der Waals surface area contributed by atoms with Crippen molar-refractivity contribution in [2.75, 3.05) is 12.1 Å². The molecule has 138 valence electrons. The van der Waals surface area contributed by atoms with Crippen molar-refractivity contribution in [1.82, 2.24) is 9.66 Å². The molecule has 0 aliphatic rings. The molecule has 0 spiro atoms. The van der Waals surface area contributed by atoms with Gasteiger partial charge in [-0.05, 0) is 24.3 Å². The molecule has 3 aromatic rings. The van der Waals surface area contributed by atoms with E-state index in [1.807, 2.05) is 59.3 Å². The van der Waals surface area contributed by atoms with Crippen molar-refractivity contribution in [2.24, 2.45) is 0 Å². The molecule has 0 amide bonds. The molecule has 0 saturated carbocycles. The lowest BCUT2D eigenvalue weighted by Crippen LogP contribution is -2.25. The van der Waals surface area contributed by atoms with E-state index >= 15 is 0 Å². The lowest BCUT2D eigenvalue weighted by Gasteiger charge is -2.23. The maximum atomic E-state index is 11.0. The van der Waals surface area contributed by atoms with Crippen LogP contribution >= 0.6 is 0 Å². The predicted octanol–water partition coefficient (Wildman–Crippen LogP) is 2.46. The van der Waals surface area contributed by atoms with Gasteiger partial charge in [0.25, 0.3) is 0 Å². The number of pyridine rings is 1. The number of carboxylic acid groups (broad SMARTS) is 2. The first-order valence-electron chi connectivity index (χ1n) is 7.78. The summed E-state index contributed by atoms with van der Waals surface area (Å²) in [6, 6.07) is 13.5. The van der Waals surface area contributed by atoms with Crippen molar-refractivity contribution in [3.05, 3.63) is 72.7 Å². The topological polar surface area (TPSA) is 113 Å². The molecule has 3 rings (SSSR count). The Morgan fingerprint density at radius 1 is 1.04 bits per heavy atom. The van der Waals surface area contributed by atoms with Gasteiger partial charge in [-0.2, -0.15) is 0 Å². The normalized spacial score (nSPS) is 10.3. The van der Waals surface area contributed by atoms with Crippen LogP contribution in [0.25, 0.3) is 10.9 Å². The van der Waals surface area contributed by atoms with Gasteiger partial charge in [-0.25, -0.2) is 9.59 Å². The van der Waals surface area contributed by atoms with Gasteiger partial charge in [0.2, 0.25) is 0 Å². The molecule has 0 fully saturated rings. The monoisotopic (exact) mass is 367 g/mol. The molecule has 8 heteroatoms. The van der Waals surface area contributed by atoms with Crippen molar-refractivity contribution in [3.8, 4) is 0 Å². The molecule has 0 unspecified atom stereocenters. The SMILES string of the molecule is CN(c1ccnc2ccccc12)n1cccc1C=O.O=C(O)/C=C\C(=O)O. The summed E-state index contributed by atoms with van der Waals surface area (Å²) in [5.41, 5.74) is 2.56. The zero-order valence-corrected chi connectivity index (χ0v) is 14.4. The first-order chi connectivity index (χ1) is 12.9. The zero-order chi connectivity index (χ0) is 19.8. The van der Waals surface area contributed by atoms with Gasteiger partial charge in [0.15, 0.2) is 6.29 Å². The van der Waals surface area contributed by atoms with Crippen molar-refractivity contribution in [1.29, 1.82) is 0 Å². The molecule has 0 aliphatic heterocycles. The molecule has 27 heavy (non-hydrogen) atoms. The van der Waals surface area contributed by atoms with Crippen LogP contribution in [0.3, 0.4) is 0 Å². The van der Waals surface area contributed by atoms with Crippen LogP contribution in [0.2, 0.25) is 0 Å². The number of hydrogen-bond donors (Lipinski definition) is 2. The Hall–Kier alpha value is -3.94. The molecule has 0 radical (unpaired) electrons. The van der Waals surface area contributed by atoms with Crippen LogP contribution in [0.5, 0.6) is 0 Å². The number of rotatable bonds is 5. The standard InChI is InChI=1S/C15H13N3O.C4H4O4/c1-17(18-10-4-5-12(18)11-19)15-8-9-16-14-7-3-2-6-13(14)15;5-3(6)1-2-4(7)8/h2-11H,1H3;1-2H,(H,5,6)(H,7,8)/b;2-1-. The van der Waals surface area contributed by atoms with Crippen molar-refractivity contribution >= 4 is 34.8 Å². The molecular weight excluding hydrogens is 350 g/mol. The largest absolute Gasteiger partial charge is 0.478 e. The fourth-order valence-electron chi connectivity index (χ4n) is 2.37. The second-order valence-electron chi connectivity index (χ2n) is 5.28. The molecule has 2 aromatic heterocycles. The molecule has 0 atom stereocenters. The Kier molecular flexibility index (Phi) is 6.43. The third kappa shape index (κ3) is 5.02. The molecule has 2 N–H and O–H groups in total. The van der Waals surface area contributed by atoms with Crippen LogP contribution in [0, 0.1) is 0 Å². The van der Waals surface area contributed by atoms with Crippen molar-refractivity contribution < 1.29 is 24.6 Å². The number of benzene rings is 1. The number of fused-ring (bicyclic) bond motifs is 1. The fraction of sp³-hybridized carbons (Fsp3) is 0.0526. The average molecular weight is 367 g/mol. The third-order valence-electron chi connectivity index (χ3n) is 3.55. The summed E-state index contributed by atoms with van der Waals surface area (Å²) in [5, 5.41) is 18.6. The number of nitrogens with zero attached hydrogens (tertiary/aromatic N) is 3. The van der Waals surface area contributed by atoms with E-state index in [2.05, 4.69) is 4.98 Å². The van der Waals surface area contributed by atoms with Crippen LogP contribution < -0.4 is 5.01 Å². The van der Waals surface area contributed by atoms with E-state index in [9.17, 15) is 14.4 Å². The Morgan fingerprint density at radius 2 is 1.70 bits per heavy atom. The minimum Gasteiger partial charge on any atom is -0.478 e. The van der Waals surface area contributed by atoms with E-state index in [1.165, 1.54) is 0 Å². The molecule has 0 saturated heterocycles. The first kappa shape index (κ1) is 19.4. The second-order valence-corrected chi connectivity index (χ2v) is 5.28. The van der Waals surface area contributed by atoms with Gasteiger partial charge in [-0.1, -0.05) is 18.2 Å². The van der Waals surface area contributed by atoms with E-state index in [-0.39, 0.29) is 0 Å². The summed E-state index contributed by atoms with van der Waals surface area (Å²) in [4.78, 5) is 34.5. The molecule has 2 heterocycles. The minimum atomic E-state index is -1.26. The molecular formula is C19H17N3O5. The molecule has 0 bridgehead atoms. The second kappa shape index (κ2) is 8.95. The highest BCUT2D eigenvalue weighted by Gasteiger charge is 2.10. The van der Waals surface area contributed by atoms with Crippen LogP contribution in [0.1, 0.15) is 10.5 Å².